The summed E-state index contributed by atoms with van der Waals surface area (Å²) in [7, 11) is 1.19. The van der Waals surface area contributed by atoms with Gasteiger partial charge in [0.2, 0.25) is 5.95 Å². The number of aryl methyl sites for hydroxylation is 1. The zero-order chi connectivity index (χ0) is 31.5. The van der Waals surface area contributed by atoms with Gasteiger partial charge in [-0.2, -0.15) is 4.98 Å². The first-order chi connectivity index (χ1) is 21.8. The summed E-state index contributed by atoms with van der Waals surface area (Å²) in [5.74, 6) is 3.22. The van der Waals surface area contributed by atoms with Crippen molar-refractivity contribution in [3.8, 4) is 17.2 Å². The predicted molar refractivity (Wildman–Crippen MR) is 184 cm³/mol. The molecule has 0 aliphatic carbocycles. The Morgan fingerprint density at radius 3 is 2.60 bits per heavy atom. The van der Waals surface area contributed by atoms with Crippen LogP contribution in [0.4, 0.5) is 28.8 Å². The molecule has 3 aliphatic rings. The highest BCUT2D eigenvalue weighted by Gasteiger charge is 2.31. The van der Waals surface area contributed by atoms with Crippen LogP contribution in [0.15, 0.2) is 30.5 Å². The minimum Gasteiger partial charge on any atom is -0.494 e. The molecule has 2 saturated heterocycles. The molecule has 0 spiro atoms. The van der Waals surface area contributed by atoms with Gasteiger partial charge in [0, 0.05) is 55.9 Å². The lowest BCUT2D eigenvalue weighted by Crippen LogP contribution is -2.44. The van der Waals surface area contributed by atoms with E-state index >= 15 is 0 Å². The topological polar surface area (TPSA) is 93.2 Å². The van der Waals surface area contributed by atoms with E-state index in [4.69, 9.17) is 35.5 Å². The summed E-state index contributed by atoms with van der Waals surface area (Å²) in [6.07, 6.45) is 5.44. The Labute approximate surface area is 272 Å². The highest BCUT2D eigenvalue weighted by molar-refractivity contribution is 7.64. The van der Waals surface area contributed by atoms with Gasteiger partial charge in [-0.15, -0.1) is 0 Å². The molecule has 2 aromatic carbocycles. The third-order valence-electron chi connectivity index (χ3n) is 8.79. The molecular formula is C33H44ClN6O4P. The number of likely N-dealkylation sites (tertiary alicyclic amines) is 1. The fourth-order valence-electron chi connectivity index (χ4n) is 6.62. The molecule has 10 nitrogen and oxygen atoms in total. The van der Waals surface area contributed by atoms with Crippen LogP contribution in [0.2, 0.25) is 5.02 Å². The van der Waals surface area contributed by atoms with Gasteiger partial charge in [-0.25, -0.2) is 4.98 Å². The van der Waals surface area contributed by atoms with Gasteiger partial charge in [0.25, 0.3) is 0 Å². The van der Waals surface area contributed by atoms with Crippen LogP contribution in [0.25, 0.3) is 0 Å². The molecule has 4 heterocycles. The minimum absolute atomic E-state index is 0.391. The lowest BCUT2D eigenvalue weighted by atomic mass is 10.0. The van der Waals surface area contributed by atoms with Crippen molar-refractivity contribution in [1.82, 2.24) is 14.9 Å². The fourth-order valence-corrected chi connectivity index (χ4v) is 7.95. The molecule has 0 saturated carbocycles. The molecule has 6 rings (SSSR count). The SMILES string of the molecule is CCOC1CCN(C2CCN(c3cc(OC)c(Nc4ncc(Cl)c(Nc5ccc6c(c5P(C)C)OCCO6)n4)cc3C)CC2)C1. The monoisotopic (exact) mass is 654 g/mol. The Balaban J connectivity index is 1.16. The van der Waals surface area contributed by atoms with Crippen LogP contribution in [0, 0.1) is 6.92 Å². The number of hydrogen-bond donors (Lipinski definition) is 2. The Bertz CT molecular complexity index is 1500. The number of rotatable bonds is 10. The van der Waals surface area contributed by atoms with Crippen molar-refractivity contribution >= 4 is 53.7 Å². The molecule has 3 aliphatic heterocycles. The molecule has 0 radical (unpaired) electrons. The van der Waals surface area contributed by atoms with Crippen molar-refractivity contribution in [3.63, 3.8) is 0 Å². The van der Waals surface area contributed by atoms with Gasteiger partial charge in [-0.05, 0) is 70.2 Å². The van der Waals surface area contributed by atoms with E-state index in [0.29, 0.717) is 42.1 Å². The van der Waals surface area contributed by atoms with E-state index in [1.54, 1.807) is 13.3 Å². The van der Waals surface area contributed by atoms with Gasteiger partial charge in [-0.3, -0.25) is 4.90 Å². The Morgan fingerprint density at radius 1 is 1.04 bits per heavy atom. The second-order valence-corrected chi connectivity index (χ2v) is 14.6. The summed E-state index contributed by atoms with van der Waals surface area (Å²) in [4.78, 5) is 14.3. The van der Waals surface area contributed by atoms with Gasteiger partial charge in [0.05, 0.1) is 30.8 Å². The van der Waals surface area contributed by atoms with Crippen molar-refractivity contribution in [2.24, 2.45) is 0 Å². The standard InChI is InChI=1S/C33H44ClN6O4P/c1-6-42-23-11-14-40(20-23)22-9-12-39(13-10-22)27-18-29(41-3)26(17-21(27)2)37-33-35-19-24(34)32(38-33)36-25-7-8-28-30(31(25)45(4)5)44-16-15-43-28/h7-8,17-19,22-23H,6,9-16,20H2,1-5H3,(H2,35,36,37,38). The average Bonchev–Trinajstić information content (AvgIpc) is 3.51. The van der Waals surface area contributed by atoms with Crippen LogP contribution < -0.4 is 35.0 Å². The number of ether oxygens (including phenoxy) is 4. The third kappa shape index (κ3) is 7.04. The average molecular weight is 655 g/mol. The van der Waals surface area contributed by atoms with Crippen LogP contribution in [-0.2, 0) is 4.74 Å². The number of halogens is 1. The largest absolute Gasteiger partial charge is 0.494 e. The third-order valence-corrected chi connectivity index (χ3v) is 10.4. The maximum atomic E-state index is 6.58. The maximum Gasteiger partial charge on any atom is 0.229 e. The number of fused-ring (bicyclic) bond motifs is 1. The number of aromatic nitrogens is 2. The Morgan fingerprint density at radius 2 is 1.84 bits per heavy atom. The first kappa shape index (κ1) is 31.9. The summed E-state index contributed by atoms with van der Waals surface area (Å²) < 4.78 is 23.6. The van der Waals surface area contributed by atoms with E-state index in [2.05, 4.69) is 64.7 Å². The summed E-state index contributed by atoms with van der Waals surface area (Å²) >= 11 is 6.58. The molecule has 1 atom stereocenters. The zero-order valence-corrected chi connectivity index (χ0v) is 28.5. The molecule has 1 aromatic heterocycles. The highest BCUT2D eigenvalue weighted by Crippen LogP contribution is 2.42. The molecule has 45 heavy (non-hydrogen) atoms. The first-order valence-electron chi connectivity index (χ1n) is 15.8. The summed E-state index contributed by atoms with van der Waals surface area (Å²) in [6, 6.07) is 8.78. The van der Waals surface area contributed by atoms with Crippen molar-refractivity contribution in [3.05, 3.63) is 41.0 Å². The Kier molecular flexibility index (Phi) is 10.0. The van der Waals surface area contributed by atoms with Crippen LogP contribution in [0.3, 0.4) is 0 Å². The Hall–Kier alpha value is -3.04. The molecule has 1 unspecified atom stereocenters. The molecule has 0 bridgehead atoms. The highest BCUT2D eigenvalue weighted by atomic mass is 35.5. The van der Waals surface area contributed by atoms with E-state index in [0.717, 1.165) is 86.0 Å². The van der Waals surface area contributed by atoms with Crippen LogP contribution in [0.1, 0.15) is 31.7 Å². The smallest absolute Gasteiger partial charge is 0.229 e. The van der Waals surface area contributed by atoms with E-state index in [1.807, 2.05) is 12.1 Å². The van der Waals surface area contributed by atoms with Crippen LogP contribution in [0.5, 0.6) is 17.2 Å². The lowest BCUT2D eigenvalue weighted by Gasteiger charge is -2.38. The molecule has 2 fully saturated rings. The first-order valence-corrected chi connectivity index (χ1v) is 18.4. The van der Waals surface area contributed by atoms with E-state index in [1.165, 1.54) is 11.3 Å². The number of benzene rings is 2. The van der Waals surface area contributed by atoms with Crippen molar-refractivity contribution < 1.29 is 18.9 Å². The lowest BCUT2D eigenvalue weighted by molar-refractivity contribution is 0.0626. The quantitative estimate of drug-likeness (QED) is 0.248. The van der Waals surface area contributed by atoms with E-state index in [9.17, 15) is 0 Å². The molecular weight excluding hydrogens is 611 g/mol. The van der Waals surface area contributed by atoms with Crippen molar-refractivity contribution in [2.75, 3.05) is 82.0 Å². The predicted octanol–water partition coefficient (Wildman–Crippen LogP) is 6.15. The number of nitrogens with zero attached hydrogens (tertiary/aromatic N) is 4. The van der Waals surface area contributed by atoms with E-state index in [-0.39, 0.29) is 0 Å². The van der Waals surface area contributed by atoms with E-state index < -0.39 is 7.92 Å². The van der Waals surface area contributed by atoms with Crippen molar-refractivity contribution in [1.29, 1.82) is 0 Å². The van der Waals surface area contributed by atoms with Crippen molar-refractivity contribution in [2.45, 2.75) is 45.3 Å². The fraction of sp³-hybridized carbons (Fsp3) is 0.515. The number of piperidine rings is 1. The van der Waals surface area contributed by atoms with Gasteiger partial charge < -0.3 is 34.5 Å². The second kappa shape index (κ2) is 14.2. The summed E-state index contributed by atoms with van der Waals surface area (Å²) in [5, 5.41) is 8.30. The molecule has 2 N–H and O–H groups in total. The minimum atomic E-state index is -0.510. The van der Waals surface area contributed by atoms with Gasteiger partial charge >= 0.3 is 0 Å². The maximum absolute atomic E-state index is 6.58. The number of nitrogens with one attached hydrogen (secondary N) is 2. The second-order valence-electron chi connectivity index (χ2n) is 11.9. The summed E-state index contributed by atoms with van der Waals surface area (Å²) in [5.41, 5.74) is 4.06. The van der Waals surface area contributed by atoms with Crippen LogP contribution >= 0.6 is 19.5 Å². The number of hydrogen-bond acceptors (Lipinski definition) is 10. The van der Waals surface area contributed by atoms with Gasteiger partial charge in [0.15, 0.2) is 17.3 Å². The number of methoxy groups -OCH3 is 1. The van der Waals surface area contributed by atoms with Gasteiger partial charge in [0.1, 0.15) is 24.0 Å². The number of anilines is 5. The molecule has 3 aromatic rings. The molecule has 12 heteroatoms. The normalized spacial score (nSPS) is 18.8. The van der Waals surface area contributed by atoms with Crippen LogP contribution in [-0.4, -0.2) is 93.5 Å². The molecule has 0 amide bonds. The molecule has 242 valence electrons. The van der Waals surface area contributed by atoms with Gasteiger partial charge in [-0.1, -0.05) is 19.5 Å². The summed E-state index contributed by atoms with van der Waals surface area (Å²) in [6.45, 7) is 14.7. The zero-order valence-electron chi connectivity index (χ0n) is 26.9.